The minimum Gasteiger partial charge on any atom is -0.302 e. The molecule has 0 spiro atoms. The third-order valence-corrected chi connectivity index (χ3v) is 5.88. The number of anilines is 1. The van der Waals surface area contributed by atoms with E-state index in [0.29, 0.717) is 34.1 Å². The fourth-order valence-electron chi connectivity index (χ4n) is 3.32. The Morgan fingerprint density at radius 2 is 1.80 bits per heavy atom. The highest BCUT2D eigenvalue weighted by Gasteiger charge is 2.34. The van der Waals surface area contributed by atoms with Crippen LogP contribution >= 0.6 is 22.9 Å². The molecule has 0 unspecified atom stereocenters. The van der Waals surface area contributed by atoms with Crippen molar-refractivity contribution in [1.29, 1.82) is 0 Å². The quantitative estimate of drug-likeness (QED) is 0.553. The van der Waals surface area contributed by atoms with Crippen LogP contribution in [0.3, 0.4) is 0 Å². The number of thiazole rings is 1. The zero-order valence-electron chi connectivity index (χ0n) is 15.9. The van der Waals surface area contributed by atoms with E-state index in [4.69, 9.17) is 11.6 Å². The van der Waals surface area contributed by atoms with Gasteiger partial charge in [0.25, 0.3) is 11.8 Å². The predicted octanol–water partition coefficient (Wildman–Crippen LogP) is 4.40. The normalized spacial score (nSPS) is 12.9. The molecular formula is C22H18ClN3O3S. The smallest absolute Gasteiger partial charge is 0.261 e. The molecule has 30 heavy (non-hydrogen) atoms. The Morgan fingerprint density at radius 1 is 1.07 bits per heavy atom. The van der Waals surface area contributed by atoms with Crippen molar-refractivity contribution in [1.82, 2.24) is 9.88 Å². The van der Waals surface area contributed by atoms with E-state index in [0.717, 1.165) is 10.4 Å². The first-order valence-corrected chi connectivity index (χ1v) is 10.6. The highest BCUT2D eigenvalue weighted by atomic mass is 35.5. The summed E-state index contributed by atoms with van der Waals surface area (Å²) in [5.74, 6) is -0.807. The number of amides is 3. The van der Waals surface area contributed by atoms with Crippen molar-refractivity contribution in [2.45, 2.75) is 19.3 Å². The summed E-state index contributed by atoms with van der Waals surface area (Å²) >= 11 is 7.42. The van der Waals surface area contributed by atoms with Gasteiger partial charge in [-0.2, -0.15) is 0 Å². The van der Waals surface area contributed by atoms with Gasteiger partial charge < -0.3 is 5.32 Å². The van der Waals surface area contributed by atoms with Gasteiger partial charge in [0.05, 0.1) is 11.1 Å². The maximum Gasteiger partial charge on any atom is 0.261 e. The largest absolute Gasteiger partial charge is 0.302 e. The van der Waals surface area contributed by atoms with Crippen LogP contribution < -0.4 is 5.32 Å². The molecule has 3 aromatic rings. The lowest BCUT2D eigenvalue weighted by Crippen LogP contribution is -2.31. The number of benzene rings is 2. The van der Waals surface area contributed by atoms with Crippen LogP contribution in [-0.4, -0.2) is 34.2 Å². The number of fused-ring (bicyclic) bond motifs is 1. The average molecular weight is 440 g/mol. The molecule has 2 heterocycles. The summed E-state index contributed by atoms with van der Waals surface area (Å²) in [5.41, 5.74) is 1.91. The molecule has 0 radical (unpaired) electrons. The van der Waals surface area contributed by atoms with E-state index < -0.39 is 0 Å². The van der Waals surface area contributed by atoms with Crippen molar-refractivity contribution in [3.8, 4) is 0 Å². The zero-order chi connectivity index (χ0) is 21.1. The van der Waals surface area contributed by atoms with Gasteiger partial charge >= 0.3 is 0 Å². The van der Waals surface area contributed by atoms with E-state index in [2.05, 4.69) is 10.3 Å². The highest BCUT2D eigenvalue weighted by molar-refractivity contribution is 7.15. The lowest BCUT2D eigenvalue weighted by molar-refractivity contribution is -0.116. The molecule has 8 heteroatoms. The summed E-state index contributed by atoms with van der Waals surface area (Å²) in [6.07, 6.45) is 3.00. The molecule has 0 fully saturated rings. The second-order valence-electron chi connectivity index (χ2n) is 6.90. The maximum atomic E-state index is 12.3. The molecule has 0 bridgehead atoms. The number of hydrogen-bond donors (Lipinski definition) is 1. The van der Waals surface area contributed by atoms with Gasteiger partial charge in [-0.15, -0.1) is 11.3 Å². The van der Waals surface area contributed by atoms with Gasteiger partial charge in [-0.1, -0.05) is 35.9 Å². The molecule has 0 saturated carbocycles. The summed E-state index contributed by atoms with van der Waals surface area (Å²) in [5, 5.41) is 3.99. The Hall–Kier alpha value is -3.03. The van der Waals surface area contributed by atoms with Crippen LogP contribution in [0.4, 0.5) is 5.13 Å². The Morgan fingerprint density at radius 3 is 2.50 bits per heavy atom. The van der Waals surface area contributed by atoms with Gasteiger partial charge in [-0.05, 0) is 36.2 Å². The van der Waals surface area contributed by atoms with Gasteiger partial charge in [-0.3, -0.25) is 19.3 Å². The van der Waals surface area contributed by atoms with E-state index in [1.54, 1.807) is 30.5 Å². The Labute approximate surface area is 182 Å². The fourth-order valence-corrected chi connectivity index (χ4v) is 4.39. The predicted molar refractivity (Wildman–Crippen MR) is 116 cm³/mol. The van der Waals surface area contributed by atoms with Crippen LogP contribution in [0.5, 0.6) is 0 Å². The minimum atomic E-state index is -0.304. The molecule has 6 nitrogen and oxygen atoms in total. The summed E-state index contributed by atoms with van der Waals surface area (Å²) < 4.78 is 0. The number of carbonyl (C=O) groups is 3. The molecule has 152 valence electrons. The van der Waals surface area contributed by atoms with Crippen LogP contribution in [0, 0.1) is 0 Å². The highest BCUT2D eigenvalue weighted by Crippen LogP contribution is 2.24. The molecule has 1 N–H and O–H groups in total. The number of halogens is 1. The second kappa shape index (κ2) is 8.77. The molecule has 3 amide bonds. The Kier molecular flexibility index (Phi) is 5.92. The van der Waals surface area contributed by atoms with Crippen molar-refractivity contribution < 1.29 is 14.4 Å². The monoisotopic (exact) mass is 439 g/mol. The number of carbonyl (C=O) groups excluding carboxylic acids is 3. The molecule has 0 saturated heterocycles. The fraction of sp³-hybridized carbons (Fsp3) is 0.182. The number of hydrogen-bond acceptors (Lipinski definition) is 5. The van der Waals surface area contributed by atoms with Gasteiger partial charge in [-0.25, -0.2) is 4.98 Å². The van der Waals surface area contributed by atoms with Gasteiger partial charge in [0.2, 0.25) is 5.91 Å². The zero-order valence-corrected chi connectivity index (χ0v) is 17.5. The Bertz CT molecular complexity index is 1090. The molecule has 0 aliphatic carbocycles. The average Bonchev–Trinajstić information content (AvgIpc) is 3.26. The van der Waals surface area contributed by atoms with Crippen molar-refractivity contribution in [2.75, 3.05) is 11.9 Å². The molecule has 0 atom stereocenters. The summed E-state index contributed by atoms with van der Waals surface area (Å²) in [6.45, 7) is 0.206. The number of imide groups is 1. The van der Waals surface area contributed by atoms with Gasteiger partial charge in [0.15, 0.2) is 5.13 Å². The van der Waals surface area contributed by atoms with Crippen LogP contribution in [0.2, 0.25) is 5.02 Å². The van der Waals surface area contributed by atoms with Crippen LogP contribution in [0.15, 0.2) is 54.7 Å². The maximum absolute atomic E-state index is 12.3. The van der Waals surface area contributed by atoms with Crippen molar-refractivity contribution in [2.24, 2.45) is 0 Å². The number of nitrogens with one attached hydrogen (secondary N) is 1. The lowest BCUT2D eigenvalue weighted by atomic mass is 10.1. The third kappa shape index (κ3) is 4.42. The Balaban J connectivity index is 1.26. The number of rotatable bonds is 7. The van der Waals surface area contributed by atoms with Crippen LogP contribution in [0.1, 0.15) is 44.0 Å². The van der Waals surface area contributed by atoms with Gasteiger partial charge in [0.1, 0.15) is 0 Å². The summed E-state index contributed by atoms with van der Waals surface area (Å²) in [4.78, 5) is 43.4. The van der Waals surface area contributed by atoms with Crippen molar-refractivity contribution >= 4 is 45.8 Å². The van der Waals surface area contributed by atoms with Crippen molar-refractivity contribution in [3.05, 3.63) is 81.3 Å². The first-order valence-electron chi connectivity index (χ1n) is 9.45. The number of nitrogens with zero attached hydrogens (tertiary/aromatic N) is 2. The first-order chi connectivity index (χ1) is 14.5. The molecule has 1 aromatic heterocycles. The molecule has 1 aliphatic heterocycles. The van der Waals surface area contributed by atoms with E-state index in [1.165, 1.54) is 16.2 Å². The molecule has 2 aromatic carbocycles. The van der Waals surface area contributed by atoms with E-state index >= 15 is 0 Å². The van der Waals surface area contributed by atoms with Crippen LogP contribution in [-0.2, 0) is 11.2 Å². The van der Waals surface area contributed by atoms with Crippen LogP contribution in [0.25, 0.3) is 0 Å². The molecule has 1 aliphatic rings. The first kappa shape index (κ1) is 20.3. The minimum absolute atomic E-state index is 0.191. The van der Waals surface area contributed by atoms with E-state index in [-0.39, 0.29) is 30.7 Å². The number of aromatic nitrogens is 1. The van der Waals surface area contributed by atoms with E-state index in [1.807, 2.05) is 24.3 Å². The summed E-state index contributed by atoms with van der Waals surface area (Å²) in [6, 6.07) is 14.4. The van der Waals surface area contributed by atoms with E-state index in [9.17, 15) is 14.4 Å². The van der Waals surface area contributed by atoms with Gasteiger partial charge in [0, 0.05) is 35.5 Å². The standard InChI is InChI=1S/C22H18ClN3O3S/c23-15-6-3-5-14(11-15)12-16-13-24-22(30-16)25-19(27)9-4-10-26-20(28)17-7-1-2-8-18(17)21(26)29/h1-3,5-8,11,13H,4,9-10,12H2,(H,24,25,27). The second-order valence-corrected chi connectivity index (χ2v) is 8.45. The molecular weight excluding hydrogens is 422 g/mol. The SMILES string of the molecule is O=C(CCCN1C(=O)c2ccccc2C1=O)Nc1ncc(Cc2cccc(Cl)c2)s1. The third-order valence-electron chi connectivity index (χ3n) is 4.73. The lowest BCUT2D eigenvalue weighted by Gasteiger charge is -2.13. The summed E-state index contributed by atoms with van der Waals surface area (Å²) in [7, 11) is 0. The topological polar surface area (TPSA) is 79.4 Å². The molecule has 4 rings (SSSR count). The van der Waals surface area contributed by atoms with Crippen molar-refractivity contribution in [3.63, 3.8) is 0 Å².